The highest BCUT2D eigenvalue weighted by Crippen LogP contribution is 1.89. The van der Waals surface area contributed by atoms with Crippen LogP contribution in [0.5, 0.6) is 0 Å². The second-order valence-electron chi connectivity index (χ2n) is 0.184. The third-order valence-electron chi connectivity index (χ3n) is 0. The van der Waals surface area contributed by atoms with E-state index in [9.17, 15) is 0 Å². The average molecular weight is 192 g/mol. The van der Waals surface area contributed by atoms with Gasteiger partial charge in [0.2, 0.25) is 9.23 Å². The van der Waals surface area contributed by atoms with Gasteiger partial charge in [0.05, 0.1) is 0 Å². The molecule has 0 aliphatic heterocycles. The highest BCUT2D eigenvalue weighted by molar-refractivity contribution is 8.26. The Balaban J connectivity index is -0.0000000450. The molecule has 0 saturated carbocycles. The predicted molar refractivity (Wildman–Crippen MR) is 34.3 cm³/mol. The molecule has 0 unspecified atom stereocenters. The number of rotatable bonds is 0. The van der Waals surface area contributed by atoms with Gasteiger partial charge in [-0.3, -0.25) is 0 Å². The molecular formula is H2Cl4OS. The van der Waals surface area contributed by atoms with Crippen LogP contribution in [0.4, 0.5) is 0 Å². The number of hydrogen-bond donors (Lipinski definition) is 0. The lowest BCUT2D eigenvalue weighted by molar-refractivity contribution is 0.698. The van der Waals surface area contributed by atoms with E-state index < -0.39 is 9.23 Å². The fraction of sp³-hybridized carbons (Fsp3) is 0. The van der Waals surface area contributed by atoms with E-state index in [1.807, 2.05) is 0 Å². The topological polar surface area (TPSA) is 17.1 Å². The van der Waals surface area contributed by atoms with E-state index in [1.54, 1.807) is 0 Å². The molecule has 0 aliphatic rings. The van der Waals surface area contributed by atoms with Gasteiger partial charge in [0.1, 0.15) is 0 Å². The monoisotopic (exact) mass is 190 g/mol. The normalized spacial score (nSPS) is 5.83. The van der Waals surface area contributed by atoms with Crippen molar-refractivity contribution >= 4 is 55.4 Å². The third kappa shape index (κ3) is 57.5. The molecule has 0 fully saturated rings. The summed E-state index contributed by atoms with van der Waals surface area (Å²) in [4.78, 5) is 0. The van der Waals surface area contributed by atoms with Crippen LogP contribution in [0.2, 0.25) is 0 Å². The first-order valence-electron chi connectivity index (χ1n) is 0.475. The second kappa shape index (κ2) is 9.58. The van der Waals surface area contributed by atoms with E-state index in [2.05, 4.69) is 21.4 Å². The van der Waals surface area contributed by atoms with Crippen molar-refractivity contribution < 1.29 is 4.21 Å². The Hall–Kier alpha value is 1.31. The van der Waals surface area contributed by atoms with Crippen LogP contribution < -0.4 is 0 Å². The van der Waals surface area contributed by atoms with Crippen LogP contribution >= 0.6 is 46.2 Å². The summed E-state index contributed by atoms with van der Waals surface area (Å²) < 4.78 is 9.09. The lowest BCUT2D eigenvalue weighted by Crippen LogP contribution is -1.41. The fourth-order valence-electron chi connectivity index (χ4n) is 0. The van der Waals surface area contributed by atoms with Crippen LogP contribution in [0, 0.1) is 0 Å². The van der Waals surface area contributed by atoms with Crippen LogP contribution in [-0.2, 0) is 9.23 Å². The molecule has 0 aliphatic carbocycles. The highest BCUT2D eigenvalue weighted by Gasteiger charge is 1.67. The van der Waals surface area contributed by atoms with E-state index in [4.69, 9.17) is 4.21 Å². The van der Waals surface area contributed by atoms with Crippen LogP contribution in [0.25, 0.3) is 0 Å². The molecule has 0 bridgehead atoms. The van der Waals surface area contributed by atoms with Gasteiger partial charge in [-0.25, -0.2) is 4.21 Å². The molecule has 0 amide bonds. The van der Waals surface area contributed by atoms with Crippen molar-refractivity contribution in [1.82, 2.24) is 0 Å². The molecule has 0 aromatic carbocycles. The minimum Gasteiger partial charge on any atom is -0.225 e. The van der Waals surface area contributed by atoms with Crippen molar-refractivity contribution in [1.29, 1.82) is 0 Å². The Labute approximate surface area is 59.7 Å². The quantitative estimate of drug-likeness (QED) is 0.535. The summed E-state index contributed by atoms with van der Waals surface area (Å²) in [5.74, 6) is 0. The maximum absolute atomic E-state index is 9.09. The van der Waals surface area contributed by atoms with Gasteiger partial charge in [-0.15, -0.1) is 24.8 Å². The molecule has 0 spiro atoms. The SMILES string of the molecule is Cl.Cl.O=S(Cl)Cl. The van der Waals surface area contributed by atoms with Gasteiger partial charge in [-0.1, -0.05) is 0 Å². The van der Waals surface area contributed by atoms with E-state index in [0.717, 1.165) is 0 Å². The standard InChI is InChI=1S/Cl2OS.2ClH/c1-4(2)3;;/h;2*1H. The van der Waals surface area contributed by atoms with Gasteiger partial charge in [0, 0.05) is 21.4 Å². The van der Waals surface area contributed by atoms with Crippen molar-refractivity contribution in [3.05, 3.63) is 0 Å². The zero-order valence-electron chi connectivity index (χ0n) is 2.39. The van der Waals surface area contributed by atoms with E-state index >= 15 is 0 Å². The van der Waals surface area contributed by atoms with Crippen molar-refractivity contribution in [2.75, 3.05) is 0 Å². The summed E-state index contributed by atoms with van der Waals surface area (Å²) in [7, 11) is 7.36. The molecule has 0 atom stereocenters. The Bertz CT molecular complexity index is 30.5. The van der Waals surface area contributed by atoms with Crippen molar-refractivity contribution in [3.8, 4) is 0 Å². The summed E-state index contributed by atoms with van der Waals surface area (Å²) in [6.45, 7) is 0. The zero-order chi connectivity index (χ0) is 3.58. The first-order chi connectivity index (χ1) is 1.73. The maximum Gasteiger partial charge on any atom is 0.211 e. The van der Waals surface area contributed by atoms with E-state index in [0.29, 0.717) is 0 Å². The smallest absolute Gasteiger partial charge is 0.211 e. The van der Waals surface area contributed by atoms with E-state index in [-0.39, 0.29) is 24.8 Å². The Kier molecular flexibility index (Phi) is 25.0. The van der Waals surface area contributed by atoms with Gasteiger partial charge in [-0.05, 0) is 0 Å². The first-order valence-corrected chi connectivity index (χ1v) is 3.28. The summed E-state index contributed by atoms with van der Waals surface area (Å²) in [6, 6.07) is 0. The molecular weight excluding hydrogens is 190 g/mol. The lowest BCUT2D eigenvalue weighted by atomic mass is 16.0. The third-order valence-corrected chi connectivity index (χ3v) is 0. The molecule has 0 N–H and O–H groups in total. The van der Waals surface area contributed by atoms with Crippen LogP contribution in [0.1, 0.15) is 0 Å². The molecule has 42 valence electrons. The van der Waals surface area contributed by atoms with Gasteiger partial charge in [0.15, 0.2) is 0 Å². The summed E-state index contributed by atoms with van der Waals surface area (Å²) in [5, 5.41) is 0. The fourth-order valence-corrected chi connectivity index (χ4v) is 0. The number of halogens is 4. The molecule has 0 heterocycles. The highest BCUT2D eigenvalue weighted by atomic mass is 36.0. The zero-order valence-corrected chi connectivity index (χ0v) is 6.35. The van der Waals surface area contributed by atoms with Crippen LogP contribution in [0.15, 0.2) is 0 Å². The lowest BCUT2D eigenvalue weighted by Gasteiger charge is -1.50. The van der Waals surface area contributed by atoms with Crippen molar-refractivity contribution in [2.24, 2.45) is 0 Å². The number of hydrogen-bond acceptors (Lipinski definition) is 1. The molecule has 0 aromatic heterocycles. The molecule has 0 saturated heterocycles. The Morgan fingerprint density at radius 3 is 1.17 bits per heavy atom. The molecule has 0 aromatic rings. The van der Waals surface area contributed by atoms with Gasteiger partial charge in [-0.2, -0.15) is 0 Å². The maximum atomic E-state index is 9.09. The van der Waals surface area contributed by atoms with Crippen molar-refractivity contribution in [3.63, 3.8) is 0 Å². The predicted octanol–water partition coefficient (Wildman–Crippen LogP) is 1.89. The summed E-state index contributed by atoms with van der Waals surface area (Å²) in [5.41, 5.74) is 0. The van der Waals surface area contributed by atoms with Crippen LogP contribution in [0.3, 0.4) is 0 Å². The Morgan fingerprint density at radius 1 is 1.17 bits per heavy atom. The minimum atomic E-state index is -1.67. The van der Waals surface area contributed by atoms with Gasteiger partial charge < -0.3 is 0 Å². The summed E-state index contributed by atoms with van der Waals surface area (Å²) >= 11 is 0. The van der Waals surface area contributed by atoms with Crippen molar-refractivity contribution in [2.45, 2.75) is 0 Å². The van der Waals surface area contributed by atoms with Gasteiger partial charge in [0.25, 0.3) is 0 Å². The largest absolute Gasteiger partial charge is 0.225 e. The molecule has 0 radical (unpaired) electrons. The van der Waals surface area contributed by atoms with Gasteiger partial charge >= 0.3 is 0 Å². The van der Waals surface area contributed by atoms with Crippen LogP contribution in [-0.4, -0.2) is 4.21 Å². The summed E-state index contributed by atoms with van der Waals surface area (Å²) in [6.07, 6.45) is 0. The minimum absolute atomic E-state index is 0. The molecule has 6 heavy (non-hydrogen) atoms. The second-order valence-corrected chi connectivity index (χ2v) is 2.71. The molecule has 1 nitrogen and oxygen atoms in total. The first kappa shape index (κ1) is 15.7. The molecule has 6 heteroatoms. The Morgan fingerprint density at radius 2 is 1.17 bits per heavy atom. The molecule has 0 rings (SSSR count). The van der Waals surface area contributed by atoms with E-state index in [1.165, 1.54) is 0 Å². The average Bonchev–Trinajstić information content (AvgIpc) is 0.811.